The van der Waals surface area contributed by atoms with Gasteiger partial charge in [-0.2, -0.15) is 0 Å². The van der Waals surface area contributed by atoms with E-state index in [1.807, 2.05) is 26.2 Å². The third-order valence-corrected chi connectivity index (χ3v) is 3.91. The highest BCUT2D eigenvalue weighted by molar-refractivity contribution is 7.12. The Kier molecular flexibility index (Phi) is 4.88. The molecule has 21 heavy (non-hydrogen) atoms. The van der Waals surface area contributed by atoms with Crippen LogP contribution in [0, 0.1) is 5.92 Å². The minimum atomic E-state index is -0.516. The highest BCUT2D eigenvalue weighted by atomic mass is 32.1. The number of alkyl carbamates (subject to hydrolysis) is 1. The first kappa shape index (κ1) is 15.8. The number of hydrogen-bond donors (Lipinski definition) is 1. The molecule has 1 fully saturated rings. The Morgan fingerprint density at radius 2 is 2.24 bits per heavy atom. The second-order valence-corrected chi connectivity index (χ2v) is 7.06. The Hall–Kier alpha value is -1.56. The number of hydrogen-bond acceptors (Lipinski definition) is 5. The molecule has 1 aromatic rings. The van der Waals surface area contributed by atoms with Crippen molar-refractivity contribution in [2.24, 2.45) is 5.92 Å². The maximum absolute atomic E-state index is 11.8. The molecule has 0 bridgehead atoms. The van der Waals surface area contributed by atoms with Crippen LogP contribution in [-0.2, 0) is 4.74 Å². The standard InChI is InChI=1S/C15H21NO4S/c1-15(2,3)20-14(18)16-12(10-4-5-10)9-19-13-11(8-17)6-7-21-13/h6-8,10,12H,4-5,9H2,1-3H3,(H,16,18). The third kappa shape index (κ3) is 5.04. The zero-order valence-electron chi connectivity index (χ0n) is 12.5. The second kappa shape index (κ2) is 6.47. The molecule has 0 radical (unpaired) electrons. The molecule has 1 N–H and O–H groups in total. The molecule has 1 heterocycles. The topological polar surface area (TPSA) is 64.6 Å². The summed E-state index contributed by atoms with van der Waals surface area (Å²) in [5.41, 5.74) is 0.0316. The maximum Gasteiger partial charge on any atom is 0.408 e. The minimum Gasteiger partial charge on any atom is -0.481 e. The Labute approximate surface area is 128 Å². The fourth-order valence-electron chi connectivity index (χ4n) is 1.93. The van der Waals surface area contributed by atoms with Gasteiger partial charge in [0.15, 0.2) is 11.3 Å². The van der Waals surface area contributed by atoms with Crippen LogP contribution in [0.25, 0.3) is 0 Å². The number of carbonyl (C=O) groups excluding carboxylic acids is 2. The van der Waals surface area contributed by atoms with E-state index in [0.717, 1.165) is 19.1 Å². The molecular weight excluding hydrogens is 290 g/mol. The van der Waals surface area contributed by atoms with Crippen LogP contribution in [0.15, 0.2) is 11.4 Å². The molecule has 6 heteroatoms. The molecule has 1 aliphatic rings. The number of ether oxygens (including phenoxy) is 2. The molecule has 116 valence electrons. The molecule has 1 amide bonds. The monoisotopic (exact) mass is 311 g/mol. The number of thiophene rings is 1. The third-order valence-electron chi connectivity index (χ3n) is 3.07. The summed E-state index contributed by atoms with van der Waals surface area (Å²) < 4.78 is 10.9. The van der Waals surface area contributed by atoms with E-state index in [0.29, 0.717) is 23.2 Å². The van der Waals surface area contributed by atoms with Gasteiger partial charge in [0, 0.05) is 0 Å². The molecule has 0 aromatic carbocycles. The average molecular weight is 311 g/mol. The number of amides is 1. The molecule has 1 saturated carbocycles. The van der Waals surface area contributed by atoms with Gasteiger partial charge in [0.05, 0.1) is 11.6 Å². The summed E-state index contributed by atoms with van der Waals surface area (Å²) in [5, 5.41) is 5.28. The lowest BCUT2D eigenvalue weighted by molar-refractivity contribution is 0.0479. The normalized spacial score (nSPS) is 16.1. The van der Waals surface area contributed by atoms with Gasteiger partial charge in [-0.1, -0.05) is 0 Å². The molecule has 1 aromatic heterocycles. The van der Waals surface area contributed by atoms with E-state index in [1.54, 1.807) is 6.07 Å². The summed E-state index contributed by atoms with van der Waals surface area (Å²) >= 11 is 1.38. The summed E-state index contributed by atoms with van der Waals surface area (Å²) in [7, 11) is 0. The Morgan fingerprint density at radius 1 is 1.52 bits per heavy atom. The molecular formula is C15H21NO4S. The molecule has 1 aliphatic carbocycles. The van der Waals surface area contributed by atoms with Gasteiger partial charge < -0.3 is 14.8 Å². The highest BCUT2D eigenvalue weighted by Gasteiger charge is 2.34. The lowest BCUT2D eigenvalue weighted by Crippen LogP contribution is -2.43. The predicted octanol–water partition coefficient (Wildman–Crippen LogP) is 3.24. The van der Waals surface area contributed by atoms with Gasteiger partial charge in [-0.15, -0.1) is 11.3 Å². The summed E-state index contributed by atoms with van der Waals surface area (Å²) in [6.45, 7) is 5.84. The van der Waals surface area contributed by atoms with Gasteiger partial charge in [-0.3, -0.25) is 4.79 Å². The Bertz CT molecular complexity index is 502. The molecule has 2 rings (SSSR count). The van der Waals surface area contributed by atoms with Crippen molar-refractivity contribution < 1.29 is 19.1 Å². The number of rotatable bonds is 6. The predicted molar refractivity (Wildman–Crippen MR) is 81.1 cm³/mol. The molecule has 0 spiro atoms. The van der Waals surface area contributed by atoms with Crippen molar-refractivity contribution in [2.75, 3.05) is 6.61 Å². The molecule has 5 nitrogen and oxygen atoms in total. The Morgan fingerprint density at radius 3 is 2.81 bits per heavy atom. The van der Waals surface area contributed by atoms with Gasteiger partial charge >= 0.3 is 6.09 Å². The average Bonchev–Trinajstić information content (AvgIpc) is 3.11. The van der Waals surface area contributed by atoms with Crippen LogP contribution >= 0.6 is 11.3 Å². The summed E-state index contributed by atoms with van der Waals surface area (Å²) in [5.74, 6) is 0.428. The number of nitrogens with one attached hydrogen (secondary N) is 1. The van der Waals surface area contributed by atoms with Crippen LogP contribution in [0.5, 0.6) is 5.06 Å². The zero-order chi connectivity index (χ0) is 15.5. The summed E-state index contributed by atoms with van der Waals surface area (Å²) in [6.07, 6.45) is 2.51. The highest BCUT2D eigenvalue weighted by Crippen LogP contribution is 2.34. The van der Waals surface area contributed by atoms with Crippen LogP contribution in [0.2, 0.25) is 0 Å². The fourth-order valence-corrected chi connectivity index (χ4v) is 2.66. The van der Waals surface area contributed by atoms with E-state index in [2.05, 4.69) is 5.32 Å². The van der Waals surface area contributed by atoms with Crippen molar-refractivity contribution >= 4 is 23.7 Å². The van der Waals surface area contributed by atoms with Crippen LogP contribution < -0.4 is 10.1 Å². The van der Waals surface area contributed by atoms with E-state index in [9.17, 15) is 9.59 Å². The summed E-state index contributed by atoms with van der Waals surface area (Å²) in [6, 6.07) is 1.64. The minimum absolute atomic E-state index is 0.0820. The SMILES string of the molecule is CC(C)(C)OC(=O)NC(COc1sccc1C=O)C1CC1. The van der Waals surface area contributed by atoms with Crippen LogP contribution in [-0.4, -0.2) is 30.6 Å². The zero-order valence-corrected chi connectivity index (χ0v) is 13.4. The fraction of sp³-hybridized carbons (Fsp3) is 0.600. The lowest BCUT2D eigenvalue weighted by Gasteiger charge is -2.23. The van der Waals surface area contributed by atoms with Crippen molar-refractivity contribution in [3.05, 3.63) is 17.0 Å². The van der Waals surface area contributed by atoms with E-state index in [-0.39, 0.29) is 6.04 Å². The second-order valence-electron chi connectivity index (χ2n) is 6.18. The van der Waals surface area contributed by atoms with Gasteiger partial charge in [0.25, 0.3) is 0 Å². The summed E-state index contributed by atoms with van der Waals surface area (Å²) in [4.78, 5) is 22.7. The van der Waals surface area contributed by atoms with Crippen molar-refractivity contribution in [2.45, 2.75) is 45.3 Å². The van der Waals surface area contributed by atoms with Crippen molar-refractivity contribution in [3.63, 3.8) is 0 Å². The maximum atomic E-state index is 11.8. The van der Waals surface area contributed by atoms with E-state index >= 15 is 0 Å². The first-order valence-electron chi connectivity index (χ1n) is 7.04. The van der Waals surface area contributed by atoms with Crippen LogP contribution in [0.1, 0.15) is 44.0 Å². The van der Waals surface area contributed by atoms with Crippen LogP contribution in [0.3, 0.4) is 0 Å². The van der Waals surface area contributed by atoms with Gasteiger partial charge in [-0.25, -0.2) is 4.79 Å². The number of carbonyl (C=O) groups is 2. The largest absolute Gasteiger partial charge is 0.481 e. The molecule has 1 atom stereocenters. The van der Waals surface area contributed by atoms with Gasteiger partial charge in [0.2, 0.25) is 0 Å². The molecule has 1 unspecified atom stereocenters. The van der Waals surface area contributed by atoms with Crippen molar-refractivity contribution in [1.29, 1.82) is 0 Å². The quantitative estimate of drug-likeness (QED) is 0.819. The van der Waals surface area contributed by atoms with Crippen molar-refractivity contribution in [3.8, 4) is 5.06 Å². The van der Waals surface area contributed by atoms with Crippen LogP contribution in [0.4, 0.5) is 4.79 Å². The Balaban J connectivity index is 1.88. The van der Waals surface area contributed by atoms with E-state index in [1.165, 1.54) is 11.3 Å². The van der Waals surface area contributed by atoms with Gasteiger partial charge in [-0.05, 0) is 51.0 Å². The van der Waals surface area contributed by atoms with Gasteiger partial charge in [0.1, 0.15) is 12.2 Å². The van der Waals surface area contributed by atoms with E-state index < -0.39 is 11.7 Å². The smallest absolute Gasteiger partial charge is 0.408 e. The lowest BCUT2D eigenvalue weighted by atomic mass is 10.2. The molecule has 0 saturated heterocycles. The number of aldehydes is 1. The molecule has 0 aliphatic heterocycles. The van der Waals surface area contributed by atoms with Crippen molar-refractivity contribution in [1.82, 2.24) is 5.32 Å². The first-order chi connectivity index (χ1) is 9.89. The first-order valence-corrected chi connectivity index (χ1v) is 7.92. The van der Waals surface area contributed by atoms with E-state index in [4.69, 9.17) is 9.47 Å².